The first-order valence-corrected chi connectivity index (χ1v) is 6.11. The van der Waals surface area contributed by atoms with Crippen LogP contribution >= 0.6 is 11.3 Å². The minimum atomic E-state index is -0.812. The van der Waals surface area contributed by atoms with Crippen LogP contribution in [0.4, 0.5) is 0 Å². The van der Waals surface area contributed by atoms with E-state index in [9.17, 15) is 9.90 Å². The van der Waals surface area contributed by atoms with Crippen molar-refractivity contribution in [3.8, 4) is 0 Å². The molecule has 2 rings (SSSR count). The summed E-state index contributed by atoms with van der Waals surface area (Å²) in [4.78, 5) is 12.2. The summed E-state index contributed by atoms with van der Waals surface area (Å²) < 4.78 is 5.27. The van der Waals surface area contributed by atoms with Crippen molar-refractivity contribution in [1.82, 2.24) is 5.32 Å². The number of amides is 1. The van der Waals surface area contributed by atoms with Gasteiger partial charge in [-0.2, -0.15) is 0 Å². The van der Waals surface area contributed by atoms with Gasteiger partial charge in [0.25, 0.3) is 5.91 Å². The van der Waals surface area contributed by atoms with Crippen LogP contribution in [-0.2, 0) is 0 Å². The Balaban J connectivity index is 1.88. The Hall–Kier alpha value is -1.59. The van der Waals surface area contributed by atoms with E-state index < -0.39 is 6.10 Å². The van der Waals surface area contributed by atoms with Gasteiger partial charge < -0.3 is 14.8 Å². The first-order chi connectivity index (χ1) is 8.16. The number of hydrogen-bond donors (Lipinski definition) is 2. The second kappa shape index (κ2) is 5.16. The van der Waals surface area contributed by atoms with Gasteiger partial charge in [-0.25, -0.2) is 0 Å². The number of nitrogens with one attached hydrogen (secondary N) is 1. The van der Waals surface area contributed by atoms with E-state index in [0.717, 1.165) is 5.76 Å². The van der Waals surface area contributed by atoms with Gasteiger partial charge in [-0.1, -0.05) is 6.07 Å². The molecule has 0 aliphatic heterocycles. The first kappa shape index (κ1) is 11.9. The second-order valence-corrected chi connectivity index (χ2v) is 4.60. The molecule has 0 saturated carbocycles. The predicted molar refractivity (Wildman–Crippen MR) is 65.1 cm³/mol. The number of carbonyl (C=O) groups is 1. The van der Waals surface area contributed by atoms with E-state index in [2.05, 4.69) is 5.32 Å². The fourth-order valence-corrected chi connectivity index (χ4v) is 2.06. The highest BCUT2D eigenvalue weighted by atomic mass is 32.1. The number of rotatable bonds is 4. The van der Waals surface area contributed by atoms with Gasteiger partial charge in [0, 0.05) is 0 Å². The van der Waals surface area contributed by atoms with Crippen molar-refractivity contribution in [2.45, 2.75) is 13.0 Å². The molecular weight excluding hydrogens is 238 g/mol. The lowest BCUT2D eigenvalue weighted by atomic mass is 10.2. The molecule has 2 N–H and O–H groups in total. The topological polar surface area (TPSA) is 62.5 Å². The average Bonchev–Trinajstić information content (AvgIpc) is 2.95. The lowest BCUT2D eigenvalue weighted by molar-refractivity contribution is 0.0904. The van der Waals surface area contributed by atoms with Gasteiger partial charge in [-0.05, 0) is 30.5 Å². The molecule has 0 bridgehead atoms. The van der Waals surface area contributed by atoms with E-state index in [1.54, 1.807) is 25.1 Å². The van der Waals surface area contributed by atoms with Crippen molar-refractivity contribution in [1.29, 1.82) is 0 Å². The molecule has 1 amide bonds. The number of furan rings is 1. The number of aliphatic hydroxyl groups is 1. The fourth-order valence-electron chi connectivity index (χ4n) is 1.42. The zero-order valence-corrected chi connectivity index (χ0v) is 10.2. The summed E-state index contributed by atoms with van der Waals surface area (Å²) in [5, 5.41) is 14.3. The molecule has 0 aliphatic carbocycles. The summed E-state index contributed by atoms with van der Waals surface area (Å²) in [5.41, 5.74) is 0. The first-order valence-electron chi connectivity index (χ1n) is 5.23. The lowest BCUT2D eigenvalue weighted by Gasteiger charge is -2.08. The highest BCUT2D eigenvalue weighted by Gasteiger charge is 2.13. The Kier molecular flexibility index (Phi) is 3.61. The average molecular weight is 251 g/mol. The Morgan fingerprint density at radius 3 is 2.94 bits per heavy atom. The standard InChI is InChI=1S/C12H13NO3S/c1-8-4-5-10(16-8)9(14)7-13-12(15)11-3-2-6-17-11/h2-6,9,14H,7H2,1H3,(H,13,15). The van der Waals surface area contributed by atoms with Crippen molar-refractivity contribution in [3.05, 3.63) is 46.0 Å². The summed E-state index contributed by atoms with van der Waals surface area (Å²) in [5.74, 6) is 1.03. The molecule has 5 heteroatoms. The van der Waals surface area contributed by atoms with E-state index in [1.807, 2.05) is 11.4 Å². The van der Waals surface area contributed by atoms with E-state index in [-0.39, 0.29) is 12.5 Å². The van der Waals surface area contributed by atoms with Crippen LogP contribution in [0.3, 0.4) is 0 Å². The summed E-state index contributed by atoms with van der Waals surface area (Å²) in [6.07, 6.45) is -0.812. The number of thiophene rings is 1. The minimum Gasteiger partial charge on any atom is -0.464 e. The van der Waals surface area contributed by atoms with Gasteiger partial charge in [0.15, 0.2) is 0 Å². The van der Waals surface area contributed by atoms with Gasteiger partial charge in [-0.15, -0.1) is 11.3 Å². The number of carbonyl (C=O) groups excluding carboxylic acids is 1. The predicted octanol–water partition coefficient (Wildman–Crippen LogP) is 2.11. The van der Waals surface area contributed by atoms with Gasteiger partial charge in [0.05, 0.1) is 11.4 Å². The van der Waals surface area contributed by atoms with Gasteiger partial charge in [0.2, 0.25) is 0 Å². The van der Waals surface area contributed by atoms with Crippen LogP contribution < -0.4 is 5.32 Å². The Labute approximate surface area is 103 Å². The molecule has 0 aromatic carbocycles. The summed E-state index contributed by atoms with van der Waals surface area (Å²) >= 11 is 1.37. The molecule has 0 saturated heterocycles. The largest absolute Gasteiger partial charge is 0.464 e. The third kappa shape index (κ3) is 2.95. The molecule has 0 spiro atoms. The minimum absolute atomic E-state index is 0.143. The van der Waals surface area contributed by atoms with E-state index >= 15 is 0 Å². The highest BCUT2D eigenvalue weighted by Crippen LogP contribution is 2.15. The molecule has 1 unspecified atom stereocenters. The summed E-state index contributed by atoms with van der Waals surface area (Å²) in [6, 6.07) is 7.03. The maximum atomic E-state index is 11.6. The van der Waals surface area contributed by atoms with Crippen LogP contribution in [0.25, 0.3) is 0 Å². The van der Waals surface area contributed by atoms with Crippen LogP contribution in [0.15, 0.2) is 34.1 Å². The van der Waals surface area contributed by atoms with Crippen LogP contribution in [0.1, 0.15) is 27.3 Å². The molecule has 0 aliphatic rings. The van der Waals surface area contributed by atoms with Crippen molar-refractivity contribution >= 4 is 17.2 Å². The maximum Gasteiger partial charge on any atom is 0.261 e. The van der Waals surface area contributed by atoms with Crippen molar-refractivity contribution < 1.29 is 14.3 Å². The molecular formula is C12H13NO3S. The van der Waals surface area contributed by atoms with E-state index in [0.29, 0.717) is 10.6 Å². The van der Waals surface area contributed by atoms with Gasteiger partial charge in [-0.3, -0.25) is 4.79 Å². The second-order valence-electron chi connectivity index (χ2n) is 3.65. The molecule has 2 aromatic heterocycles. The van der Waals surface area contributed by atoms with Crippen molar-refractivity contribution in [2.24, 2.45) is 0 Å². The fraction of sp³-hybridized carbons (Fsp3) is 0.250. The van der Waals surface area contributed by atoms with Gasteiger partial charge >= 0.3 is 0 Å². The molecule has 0 radical (unpaired) electrons. The highest BCUT2D eigenvalue weighted by molar-refractivity contribution is 7.12. The number of aryl methyl sites for hydroxylation is 1. The lowest BCUT2D eigenvalue weighted by Crippen LogP contribution is -2.27. The Morgan fingerprint density at radius 1 is 1.53 bits per heavy atom. The SMILES string of the molecule is Cc1ccc(C(O)CNC(=O)c2cccs2)o1. The van der Waals surface area contributed by atoms with E-state index in [1.165, 1.54) is 11.3 Å². The number of hydrogen-bond acceptors (Lipinski definition) is 4. The zero-order chi connectivity index (χ0) is 12.3. The number of aliphatic hydroxyl groups excluding tert-OH is 1. The summed E-state index contributed by atoms with van der Waals surface area (Å²) in [6.45, 7) is 1.95. The maximum absolute atomic E-state index is 11.6. The van der Waals surface area contributed by atoms with Gasteiger partial charge in [0.1, 0.15) is 17.6 Å². The molecule has 2 heterocycles. The molecule has 90 valence electrons. The van der Waals surface area contributed by atoms with Crippen LogP contribution in [0.2, 0.25) is 0 Å². The van der Waals surface area contributed by atoms with Crippen LogP contribution in [-0.4, -0.2) is 17.6 Å². The summed E-state index contributed by atoms with van der Waals surface area (Å²) in [7, 11) is 0. The third-order valence-corrected chi connectivity index (χ3v) is 3.16. The zero-order valence-electron chi connectivity index (χ0n) is 9.34. The van der Waals surface area contributed by atoms with Crippen molar-refractivity contribution in [3.63, 3.8) is 0 Å². The van der Waals surface area contributed by atoms with E-state index in [4.69, 9.17) is 4.42 Å². The normalized spacial score (nSPS) is 12.4. The Morgan fingerprint density at radius 2 is 2.35 bits per heavy atom. The molecule has 0 fully saturated rings. The van der Waals surface area contributed by atoms with Crippen LogP contribution in [0, 0.1) is 6.92 Å². The monoisotopic (exact) mass is 251 g/mol. The molecule has 17 heavy (non-hydrogen) atoms. The quantitative estimate of drug-likeness (QED) is 0.874. The smallest absolute Gasteiger partial charge is 0.261 e. The molecule has 1 atom stereocenters. The van der Waals surface area contributed by atoms with Crippen molar-refractivity contribution in [2.75, 3.05) is 6.54 Å². The molecule has 2 aromatic rings. The van der Waals surface area contributed by atoms with Crippen LogP contribution in [0.5, 0.6) is 0 Å². The third-order valence-electron chi connectivity index (χ3n) is 2.29. The molecule has 4 nitrogen and oxygen atoms in total. The Bertz CT molecular complexity index is 490.